The molecule has 1 N–H and O–H groups in total. The quantitative estimate of drug-likeness (QED) is 0.392. The van der Waals surface area contributed by atoms with Gasteiger partial charge in [0.2, 0.25) is 0 Å². The van der Waals surface area contributed by atoms with Crippen molar-refractivity contribution < 1.29 is 9.90 Å². The first-order chi connectivity index (χ1) is 5.83. The van der Waals surface area contributed by atoms with E-state index in [1.165, 1.54) is 32.1 Å². The van der Waals surface area contributed by atoms with E-state index in [2.05, 4.69) is 26.0 Å². The maximum absolute atomic E-state index is 8.36. The highest BCUT2D eigenvalue weighted by Crippen LogP contribution is 1.96. The largest absolute Gasteiger partial charge is 0.483 e. The van der Waals surface area contributed by atoms with Crippen molar-refractivity contribution in [1.82, 2.24) is 0 Å². The Morgan fingerprint density at radius 1 is 1.08 bits per heavy atom. The second-order valence-electron chi connectivity index (χ2n) is 2.51. The van der Waals surface area contributed by atoms with Crippen molar-refractivity contribution in [2.45, 2.75) is 46.0 Å². The molecule has 0 aromatic rings. The molecule has 0 aromatic carbocycles. The second kappa shape index (κ2) is 16.7. The zero-order valence-electron chi connectivity index (χ0n) is 8.12. The van der Waals surface area contributed by atoms with Crippen molar-refractivity contribution in [3.8, 4) is 0 Å². The van der Waals surface area contributed by atoms with Gasteiger partial charge >= 0.3 is 0 Å². The van der Waals surface area contributed by atoms with E-state index >= 15 is 0 Å². The van der Waals surface area contributed by atoms with Gasteiger partial charge in [-0.15, -0.1) is 0 Å². The number of allylic oxidation sites excluding steroid dienone is 2. The van der Waals surface area contributed by atoms with Gasteiger partial charge in [-0.1, -0.05) is 45.3 Å². The van der Waals surface area contributed by atoms with Crippen LogP contribution in [0, 0.1) is 0 Å². The lowest BCUT2D eigenvalue weighted by Crippen LogP contribution is -1.66. The third kappa shape index (κ3) is 22.9. The molecule has 0 aliphatic rings. The number of carbonyl (C=O) groups is 1. The lowest BCUT2D eigenvalue weighted by Gasteiger charge is -1.87. The first-order valence-electron chi connectivity index (χ1n) is 4.56. The summed E-state index contributed by atoms with van der Waals surface area (Å²) >= 11 is 0. The van der Waals surface area contributed by atoms with E-state index in [9.17, 15) is 0 Å². The predicted octanol–water partition coefficient (Wildman–Crippen LogP) is 3.23. The van der Waals surface area contributed by atoms with E-state index in [1.807, 2.05) is 0 Å². The molecule has 2 heteroatoms. The van der Waals surface area contributed by atoms with Crippen LogP contribution in [0.25, 0.3) is 0 Å². The van der Waals surface area contributed by atoms with Crippen LogP contribution < -0.4 is 0 Å². The molecule has 0 aromatic heterocycles. The standard InChI is InChI=1S/C9H18.CH2O2/c1-3-5-7-9-8-6-4-2;2-1-3/h7,9H,3-6,8H2,1-2H3;1H,(H,2,3)/b9-7-;. The molecule has 0 heterocycles. The summed E-state index contributed by atoms with van der Waals surface area (Å²) < 4.78 is 0. The van der Waals surface area contributed by atoms with Crippen molar-refractivity contribution in [2.75, 3.05) is 0 Å². The maximum atomic E-state index is 8.36. The van der Waals surface area contributed by atoms with Gasteiger partial charge in [-0.25, -0.2) is 0 Å². The molecule has 0 aliphatic heterocycles. The molecule has 2 nitrogen and oxygen atoms in total. The number of hydrogen-bond donors (Lipinski definition) is 1. The number of hydrogen-bond acceptors (Lipinski definition) is 1. The van der Waals surface area contributed by atoms with E-state index in [0.29, 0.717) is 0 Å². The van der Waals surface area contributed by atoms with Gasteiger partial charge in [-0.05, 0) is 12.8 Å². The first-order valence-corrected chi connectivity index (χ1v) is 4.56. The normalized spacial score (nSPS) is 9.17. The molecule has 0 amide bonds. The molecule has 12 heavy (non-hydrogen) atoms. The van der Waals surface area contributed by atoms with E-state index in [-0.39, 0.29) is 6.47 Å². The summed E-state index contributed by atoms with van der Waals surface area (Å²) in [5.74, 6) is 0. The number of carboxylic acid groups (broad SMARTS) is 1. The van der Waals surface area contributed by atoms with E-state index < -0.39 is 0 Å². The van der Waals surface area contributed by atoms with Crippen LogP contribution >= 0.6 is 0 Å². The van der Waals surface area contributed by atoms with Gasteiger partial charge in [-0.2, -0.15) is 0 Å². The Morgan fingerprint density at radius 2 is 1.58 bits per heavy atom. The fourth-order valence-corrected chi connectivity index (χ4v) is 0.724. The zero-order chi connectivity index (χ0) is 9.66. The third-order valence-corrected chi connectivity index (χ3v) is 1.35. The summed E-state index contributed by atoms with van der Waals surface area (Å²) in [5, 5.41) is 6.89. The zero-order valence-corrected chi connectivity index (χ0v) is 8.12. The average molecular weight is 172 g/mol. The molecule has 0 atom stereocenters. The Hall–Kier alpha value is -0.790. The molecular formula is C10H20O2. The fourth-order valence-electron chi connectivity index (χ4n) is 0.724. The van der Waals surface area contributed by atoms with Crippen LogP contribution in [0.4, 0.5) is 0 Å². The lowest BCUT2D eigenvalue weighted by atomic mass is 10.2. The first kappa shape index (κ1) is 13.8. The smallest absolute Gasteiger partial charge is 0.290 e. The molecule has 0 radical (unpaired) electrons. The number of rotatable bonds is 5. The molecule has 0 bridgehead atoms. The Labute approximate surface area is 75.3 Å². The highest BCUT2D eigenvalue weighted by molar-refractivity contribution is 5.32. The SMILES string of the molecule is CCC/C=C\CCCC.O=CO. The van der Waals surface area contributed by atoms with Crippen LogP contribution in [-0.4, -0.2) is 11.6 Å². The Bertz CT molecular complexity index is 98.0. The maximum Gasteiger partial charge on any atom is 0.290 e. The molecule has 72 valence electrons. The summed E-state index contributed by atoms with van der Waals surface area (Å²) in [5.41, 5.74) is 0. The van der Waals surface area contributed by atoms with Crippen molar-refractivity contribution in [3.63, 3.8) is 0 Å². The van der Waals surface area contributed by atoms with Gasteiger partial charge in [0.1, 0.15) is 0 Å². The summed E-state index contributed by atoms with van der Waals surface area (Å²) in [7, 11) is 0. The van der Waals surface area contributed by atoms with Crippen molar-refractivity contribution in [1.29, 1.82) is 0 Å². The van der Waals surface area contributed by atoms with E-state index in [0.717, 1.165) is 0 Å². The summed E-state index contributed by atoms with van der Waals surface area (Å²) in [4.78, 5) is 8.36. The minimum Gasteiger partial charge on any atom is -0.483 e. The van der Waals surface area contributed by atoms with Gasteiger partial charge in [0.25, 0.3) is 6.47 Å². The fraction of sp³-hybridized carbons (Fsp3) is 0.700. The minimum atomic E-state index is -0.250. The van der Waals surface area contributed by atoms with Crippen LogP contribution in [0.2, 0.25) is 0 Å². The van der Waals surface area contributed by atoms with Crippen LogP contribution in [0.3, 0.4) is 0 Å². The van der Waals surface area contributed by atoms with Crippen molar-refractivity contribution in [3.05, 3.63) is 12.2 Å². The van der Waals surface area contributed by atoms with Gasteiger partial charge < -0.3 is 5.11 Å². The molecule has 0 fully saturated rings. The topological polar surface area (TPSA) is 37.3 Å². The van der Waals surface area contributed by atoms with Gasteiger partial charge in [-0.3, -0.25) is 4.79 Å². The van der Waals surface area contributed by atoms with Crippen molar-refractivity contribution in [2.24, 2.45) is 0 Å². The third-order valence-electron chi connectivity index (χ3n) is 1.35. The Morgan fingerprint density at radius 3 is 2.00 bits per heavy atom. The highest BCUT2D eigenvalue weighted by Gasteiger charge is 1.76. The Balaban J connectivity index is 0. The van der Waals surface area contributed by atoms with Crippen LogP contribution in [0.5, 0.6) is 0 Å². The van der Waals surface area contributed by atoms with Gasteiger partial charge in [0, 0.05) is 0 Å². The van der Waals surface area contributed by atoms with Gasteiger partial charge in [0.15, 0.2) is 0 Å². The van der Waals surface area contributed by atoms with Crippen LogP contribution in [-0.2, 0) is 4.79 Å². The van der Waals surface area contributed by atoms with E-state index in [1.54, 1.807) is 0 Å². The molecular weight excluding hydrogens is 152 g/mol. The summed E-state index contributed by atoms with van der Waals surface area (Å²) in [6.45, 7) is 4.19. The highest BCUT2D eigenvalue weighted by atomic mass is 16.3. The van der Waals surface area contributed by atoms with E-state index in [4.69, 9.17) is 9.90 Å². The lowest BCUT2D eigenvalue weighted by molar-refractivity contribution is -0.122. The van der Waals surface area contributed by atoms with Gasteiger partial charge in [0.05, 0.1) is 0 Å². The number of unbranched alkanes of at least 4 members (excludes halogenated alkanes) is 3. The molecule has 0 saturated heterocycles. The summed E-state index contributed by atoms with van der Waals surface area (Å²) in [6.07, 6.45) is 11.1. The van der Waals surface area contributed by atoms with Crippen LogP contribution in [0.15, 0.2) is 12.2 Å². The minimum absolute atomic E-state index is 0.250. The molecule has 0 aliphatic carbocycles. The summed E-state index contributed by atoms with van der Waals surface area (Å²) in [6, 6.07) is 0. The predicted molar refractivity (Wildman–Crippen MR) is 52.3 cm³/mol. The molecule has 0 spiro atoms. The molecule has 0 saturated carbocycles. The van der Waals surface area contributed by atoms with Crippen molar-refractivity contribution >= 4 is 6.47 Å². The monoisotopic (exact) mass is 172 g/mol. The Kier molecular flexibility index (Phi) is 19.1. The average Bonchev–Trinajstić information content (AvgIpc) is 2.06. The van der Waals surface area contributed by atoms with Crippen LogP contribution in [0.1, 0.15) is 46.0 Å². The second-order valence-corrected chi connectivity index (χ2v) is 2.51. The molecule has 0 rings (SSSR count). The molecule has 0 unspecified atom stereocenters.